The highest BCUT2D eigenvalue weighted by Crippen LogP contribution is 2.39. The van der Waals surface area contributed by atoms with E-state index < -0.39 is 5.97 Å². The number of ether oxygens (including phenoxy) is 3. The van der Waals surface area contributed by atoms with Crippen molar-refractivity contribution in [2.45, 2.75) is 32.5 Å². The molecule has 7 rings (SSSR count). The Hall–Kier alpha value is -4.44. The summed E-state index contributed by atoms with van der Waals surface area (Å²) >= 11 is 0. The Balaban J connectivity index is 1.29. The van der Waals surface area contributed by atoms with Crippen molar-refractivity contribution < 1.29 is 24.1 Å². The maximum absolute atomic E-state index is 13.0. The third kappa shape index (κ3) is 5.75. The number of carboxylic acid groups (broad SMARTS) is 1. The minimum Gasteiger partial charge on any atom is -0.493 e. The fourth-order valence-corrected chi connectivity index (χ4v) is 6.77. The van der Waals surface area contributed by atoms with Crippen molar-refractivity contribution in [3.05, 3.63) is 95.5 Å². The monoisotopic (exact) mass is 606 g/mol. The first-order chi connectivity index (χ1) is 22.1. The predicted molar refractivity (Wildman–Crippen MR) is 174 cm³/mol. The number of hydrogen-bond acceptors (Lipinski definition) is 6. The van der Waals surface area contributed by atoms with Gasteiger partial charge < -0.3 is 23.9 Å². The van der Waals surface area contributed by atoms with Gasteiger partial charge in [0.05, 0.1) is 49.9 Å². The molecule has 1 N–H and O–H groups in total. The summed E-state index contributed by atoms with van der Waals surface area (Å²) in [6.45, 7) is 5.57. The molecule has 9 nitrogen and oxygen atoms in total. The summed E-state index contributed by atoms with van der Waals surface area (Å²) in [4.78, 5) is 15.4. The Morgan fingerprint density at radius 1 is 0.978 bits per heavy atom. The number of morpholine rings is 1. The van der Waals surface area contributed by atoms with Crippen LogP contribution in [0.3, 0.4) is 0 Å². The molecule has 2 aromatic heterocycles. The van der Waals surface area contributed by atoms with Gasteiger partial charge in [0.25, 0.3) is 0 Å². The van der Waals surface area contributed by atoms with E-state index in [1.807, 2.05) is 58.8 Å². The van der Waals surface area contributed by atoms with E-state index in [9.17, 15) is 9.90 Å². The zero-order chi connectivity index (χ0) is 30.8. The van der Waals surface area contributed by atoms with Crippen molar-refractivity contribution in [2.24, 2.45) is 7.05 Å². The number of aryl methyl sites for hydroxylation is 2. The van der Waals surface area contributed by atoms with Crippen LogP contribution in [0.25, 0.3) is 32.8 Å². The second kappa shape index (κ2) is 12.9. The maximum atomic E-state index is 13.0. The topological polar surface area (TPSA) is 91.0 Å². The second-order valence-electron chi connectivity index (χ2n) is 11.6. The molecule has 45 heavy (non-hydrogen) atoms. The van der Waals surface area contributed by atoms with E-state index in [0.717, 1.165) is 75.1 Å². The Labute approximate surface area is 262 Å². The zero-order valence-corrected chi connectivity index (χ0v) is 25.6. The summed E-state index contributed by atoms with van der Waals surface area (Å²) in [5.74, 6) is -0.0865. The van der Waals surface area contributed by atoms with E-state index in [4.69, 9.17) is 19.3 Å². The van der Waals surface area contributed by atoms with Crippen molar-refractivity contribution in [1.82, 2.24) is 19.2 Å². The van der Waals surface area contributed by atoms with Crippen LogP contribution in [-0.2, 0) is 42.6 Å². The molecule has 4 heterocycles. The maximum Gasteiger partial charge on any atom is 0.352 e. The molecule has 0 aliphatic carbocycles. The lowest BCUT2D eigenvalue weighted by Gasteiger charge is -2.27. The van der Waals surface area contributed by atoms with Crippen LogP contribution >= 0.6 is 0 Å². The highest BCUT2D eigenvalue weighted by Gasteiger charge is 2.28. The number of nitrogens with zero attached hydrogens (tertiary/aromatic N) is 4. The van der Waals surface area contributed by atoms with Crippen molar-refractivity contribution in [3.8, 4) is 16.9 Å². The van der Waals surface area contributed by atoms with E-state index >= 15 is 0 Å². The number of carboxylic acids is 1. The van der Waals surface area contributed by atoms with Crippen molar-refractivity contribution >= 4 is 27.6 Å². The van der Waals surface area contributed by atoms with Crippen LogP contribution in [0.2, 0.25) is 0 Å². The molecule has 3 aromatic carbocycles. The predicted octanol–water partition coefficient (Wildman–Crippen LogP) is 5.82. The Bertz CT molecular complexity index is 1880. The standard InChI is InChI=1S/C36H38N4O5/c1-38-31(23-39-17-21-43-22-18-39)33-29-13-7-12-27-28(14-8-20-45-32-15-6-10-25-9-2-3-11-26(25)32)35(36(41)42)40(34(27)29)16-4-5-19-44-24-30(33)37-38/h2-7,9-13,15H,8,14,16-24H2,1H3,(H,41,42)/b5-4-. The number of rotatable bonds is 8. The van der Waals surface area contributed by atoms with E-state index in [2.05, 4.69) is 35.2 Å². The fraction of sp³-hybridized carbons (Fsp3) is 0.333. The summed E-state index contributed by atoms with van der Waals surface area (Å²) in [6, 6.07) is 20.4. The molecule has 0 spiro atoms. The van der Waals surface area contributed by atoms with Gasteiger partial charge in [-0.1, -0.05) is 66.7 Å². The summed E-state index contributed by atoms with van der Waals surface area (Å²) in [6.07, 6.45) is 5.21. The van der Waals surface area contributed by atoms with Gasteiger partial charge in [-0.3, -0.25) is 9.58 Å². The normalized spacial score (nSPS) is 16.4. The number of allylic oxidation sites excluding steroid dienone is 1. The first-order valence-electron chi connectivity index (χ1n) is 15.7. The molecule has 1 fully saturated rings. The second-order valence-corrected chi connectivity index (χ2v) is 11.6. The van der Waals surface area contributed by atoms with Crippen LogP contribution < -0.4 is 4.74 Å². The minimum absolute atomic E-state index is 0.326. The quantitative estimate of drug-likeness (QED) is 0.176. The molecule has 0 saturated carbocycles. The molecule has 2 aliphatic heterocycles. The molecule has 1 saturated heterocycles. The Kier molecular flexibility index (Phi) is 8.39. The van der Waals surface area contributed by atoms with Gasteiger partial charge in [-0.2, -0.15) is 5.10 Å². The van der Waals surface area contributed by atoms with E-state index in [1.165, 1.54) is 0 Å². The molecule has 0 unspecified atom stereocenters. The first kappa shape index (κ1) is 29.3. The van der Waals surface area contributed by atoms with Gasteiger partial charge in [0.2, 0.25) is 0 Å². The van der Waals surface area contributed by atoms with E-state index in [1.54, 1.807) is 0 Å². The number of hydrogen-bond donors (Lipinski definition) is 1. The van der Waals surface area contributed by atoms with Gasteiger partial charge in [-0.25, -0.2) is 4.79 Å². The molecule has 0 radical (unpaired) electrons. The van der Waals surface area contributed by atoms with Crippen molar-refractivity contribution in [2.75, 3.05) is 39.5 Å². The molecular formula is C36H38N4O5. The van der Waals surface area contributed by atoms with Gasteiger partial charge in [-0.05, 0) is 29.9 Å². The van der Waals surface area contributed by atoms with Crippen LogP contribution in [0.5, 0.6) is 5.75 Å². The number of para-hydroxylation sites is 1. The Morgan fingerprint density at radius 3 is 2.64 bits per heavy atom. The molecule has 0 atom stereocenters. The third-order valence-corrected chi connectivity index (χ3v) is 8.86. The minimum atomic E-state index is -0.929. The van der Waals surface area contributed by atoms with Crippen LogP contribution in [0.1, 0.15) is 33.9 Å². The average molecular weight is 607 g/mol. The smallest absolute Gasteiger partial charge is 0.352 e. The lowest BCUT2D eigenvalue weighted by molar-refractivity contribution is 0.0332. The van der Waals surface area contributed by atoms with Crippen LogP contribution in [0.4, 0.5) is 0 Å². The molecule has 0 amide bonds. The molecule has 9 heteroatoms. The Morgan fingerprint density at radius 2 is 1.78 bits per heavy atom. The molecule has 0 bridgehead atoms. The largest absolute Gasteiger partial charge is 0.493 e. The number of benzene rings is 3. The number of aromatic carboxylic acids is 1. The SMILES string of the molecule is Cn1nc2c(c1CN1CCOCC1)-c1cccc3c(CCCOc4cccc5ccccc45)c(C(=O)O)n(c13)C/C=C\COC2. The molecule has 5 aromatic rings. The van der Waals surface area contributed by atoms with Gasteiger partial charge in [-0.15, -0.1) is 0 Å². The summed E-state index contributed by atoms with van der Waals surface area (Å²) in [7, 11) is 1.98. The number of carbonyl (C=O) groups is 1. The lowest BCUT2D eigenvalue weighted by Crippen LogP contribution is -2.36. The lowest BCUT2D eigenvalue weighted by atomic mass is 9.97. The van der Waals surface area contributed by atoms with Gasteiger partial charge >= 0.3 is 5.97 Å². The highest BCUT2D eigenvalue weighted by molar-refractivity contribution is 6.04. The first-order valence-corrected chi connectivity index (χ1v) is 15.7. The highest BCUT2D eigenvalue weighted by atomic mass is 16.5. The van der Waals surface area contributed by atoms with Gasteiger partial charge in [0.15, 0.2) is 0 Å². The molecular weight excluding hydrogens is 568 g/mol. The number of fused-ring (bicyclic) bond motifs is 3. The zero-order valence-electron chi connectivity index (χ0n) is 25.6. The average Bonchev–Trinajstić information content (AvgIpc) is 3.53. The third-order valence-electron chi connectivity index (χ3n) is 8.86. The van der Waals surface area contributed by atoms with Gasteiger partial charge in [0, 0.05) is 55.1 Å². The molecule has 2 aliphatic rings. The van der Waals surface area contributed by atoms with Crippen LogP contribution in [0, 0.1) is 0 Å². The van der Waals surface area contributed by atoms with Crippen molar-refractivity contribution in [3.63, 3.8) is 0 Å². The van der Waals surface area contributed by atoms with Crippen molar-refractivity contribution in [1.29, 1.82) is 0 Å². The summed E-state index contributed by atoms with van der Waals surface area (Å²) in [5, 5.41) is 18.7. The summed E-state index contributed by atoms with van der Waals surface area (Å²) in [5.41, 5.74) is 6.04. The van der Waals surface area contributed by atoms with Crippen LogP contribution in [-0.4, -0.2) is 69.8 Å². The molecule has 232 valence electrons. The van der Waals surface area contributed by atoms with E-state index in [-0.39, 0.29) is 0 Å². The van der Waals surface area contributed by atoms with Gasteiger partial charge in [0.1, 0.15) is 11.4 Å². The fourth-order valence-electron chi connectivity index (χ4n) is 6.77. The van der Waals surface area contributed by atoms with E-state index in [0.29, 0.717) is 58.1 Å². The number of aromatic nitrogens is 3. The summed E-state index contributed by atoms with van der Waals surface area (Å²) < 4.78 is 21.8. The van der Waals surface area contributed by atoms with Crippen LogP contribution in [0.15, 0.2) is 72.8 Å².